The van der Waals surface area contributed by atoms with Gasteiger partial charge in [-0.15, -0.1) is 0 Å². The zero-order chi connectivity index (χ0) is 38.6. The predicted octanol–water partition coefficient (Wildman–Crippen LogP) is 4.98. The number of alkyl carbamates (subject to hydrolysis) is 2. The van der Waals surface area contributed by atoms with Crippen LogP contribution in [-0.4, -0.2) is 73.6 Å². The van der Waals surface area contributed by atoms with Crippen molar-refractivity contribution in [1.29, 1.82) is 0 Å². The van der Waals surface area contributed by atoms with Gasteiger partial charge < -0.3 is 41.6 Å². The smallest absolute Gasteiger partial charge is 0.407 e. The Hall–Kier alpha value is -5.10. The van der Waals surface area contributed by atoms with Crippen LogP contribution < -0.4 is 27.0 Å². The number of rotatable bonds is 14. The molecule has 0 unspecified atom stereocenters. The van der Waals surface area contributed by atoms with Crippen molar-refractivity contribution >= 4 is 29.7 Å². The van der Waals surface area contributed by atoms with Gasteiger partial charge in [-0.1, -0.05) is 108 Å². The molecule has 0 aliphatic rings. The molecule has 3 aromatic carbocycles. The van der Waals surface area contributed by atoms with E-state index in [1.807, 2.05) is 120 Å². The number of aliphatic hydroxyl groups excluding tert-OH is 1. The second-order valence-corrected chi connectivity index (χ2v) is 15.2. The first-order valence-electron chi connectivity index (χ1n) is 17.4. The third-order valence-corrected chi connectivity index (χ3v) is 8.79. The maximum atomic E-state index is 13.9. The molecule has 0 saturated carbocycles. The summed E-state index contributed by atoms with van der Waals surface area (Å²) in [7, 11) is 2.45. The lowest BCUT2D eigenvalue weighted by Crippen LogP contribution is -2.59. The number of anilines is 1. The Bertz CT molecular complexity index is 1620. The van der Waals surface area contributed by atoms with Crippen LogP contribution in [0.5, 0.6) is 0 Å². The number of amides is 4. The first kappa shape index (κ1) is 41.3. The van der Waals surface area contributed by atoms with E-state index >= 15 is 0 Å². The Kier molecular flexibility index (Phi) is 14.6. The van der Waals surface area contributed by atoms with Gasteiger partial charge in [0.2, 0.25) is 11.8 Å². The predicted molar refractivity (Wildman–Crippen MR) is 202 cm³/mol. The zero-order valence-corrected chi connectivity index (χ0v) is 31.5. The topological polar surface area (TPSA) is 181 Å². The fourth-order valence-corrected chi connectivity index (χ4v) is 5.85. The second kappa shape index (κ2) is 18.4. The van der Waals surface area contributed by atoms with Gasteiger partial charge in [0.25, 0.3) is 0 Å². The van der Waals surface area contributed by atoms with E-state index in [0.29, 0.717) is 12.1 Å². The number of aliphatic hydroxyl groups is 1. The summed E-state index contributed by atoms with van der Waals surface area (Å²) >= 11 is 0. The number of methoxy groups -OCH3 is 2. The lowest BCUT2D eigenvalue weighted by Gasteiger charge is -2.34. The van der Waals surface area contributed by atoms with Gasteiger partial charge in [-0.3, -0.25) is 9.59 Å². The molecule has 5 atom stereocenters. The van der Waals surface area contributed by atoms with Gasteiger partial charge in [-0.05, 0) is 64.5 Å². The summed E-state index contributed by atoms with van der Waals surface area (Å²) in [6.07, 6.45) is -2.00. The number of carbonyl (C=O) groups excluding carboxylic acids is 4. The van der Waals surface area contributed by atoms with E-state index in [-0.39, 0.29) is 12.8 Å². The third-order valence-electron chi connectivity index (χ3n) is 8.79. The monoisotopic (exact) mass is 717 g/mol. The number of nitrogen functional groups attached to an aromatic ring is 1. The molecule has 0 saturated heterocycles. The molecule has 0 fully saturated rings. The van der Waals surface area contributed by atoms with E-state index in [2.05, 4.69) is 21.3 Å². The summed E-state index contributed by atoms with van der Waals surface area (Å²) in [5, 5.41) is 23.3. The van der Waals surface area contributed by atoms with Crippen LogP contribution in [-0.2, 0) is 31.9 Å². The van der Waals surface area contributed by atoms with Gasteiger partial charge in [0.15, 0.2) is 0 Å². The van der Waals surface area contributed by atoms with Crippen LogP contribution >= 0.6 is 0 Å². The number of carbonyl (C=O) groups is 4. The first-order valence-corrected chi connectivity index (χ1v) is 17.4. The van der Waals surface area contributed by atoms with E-state index in [4.69, 9.17) is 15.2 Å². The van der Waals surface area contributed by atoms with Crippen LogP contribution in [0.3, 0.4) is 0 Å². The van der Waals surface area contributed by atoms with Crippen LogP contribution in [0.4, 0.5) is 15.3 Å². The SMILES string of the molecule is COC(=O)N[C@H](C(=O)N[C@@H](Cc1ccccc1)C[C@H](O)[C@H](Cc1ccc(-c2ccc(N)cc2)cc1)NC(=O)[C@@H](NC(=O)OC)C(C)(C)C)C(C)(C)C. The molecule has 0 spiro atoms. The molecule has 12 nitrogen and oxygen atoms in total. The summed E-state index contributed by atoms with van der Waals surface area (Å²) in [4.78, 5) is 52.1. The Morgan fingerprint density at radius 3 is 1.54 bits per heavy atom. The highest BCUT2D eigenvalue weighted by molar-refractivity contribution is 5.87. The number of hydrogen-bond donors (Lipinski definition) is 6. The summed E-state index contributed by atoms with van der Waals surface area (Å²) < 4.78 is 9.57. The second-order valence-electron chi connectivity index (χ2n) is 15.2. The number of nitrogens with two attached hydrogens (primary N) is 1. The van der Waals surface area contributed by atoms with E-state index in [1.165, 1.54) is 14.2 Å². The molecule has 12 heteroatoms. The molecule has 7 N–H and O–H groups in total. The highest BCUT2D eigenvalue weighted by Crippen LogP contribution is 2.25. The normalized spacial score (nSPS) is 14.5. The van der Waals surface area contributed by atoms with Crippen molar-refractivity contribution in [3.63, 3.8) is 0 Å². The summed E-state index contributed by atoms with van der Waals surface area (Å²) in [6.45, 7) is 10.9. The average molecular weight is 718 g/mol. The lowest BCUT2D eigenvalue weighted by atomic mass is 9.85. The van der Waals surface area contributed by atoms with Crippen LogP contribution in [0, 0.1) is 10.8 Å². The summed E-state index contributed by atoms with van der Waals surface area (Å²) in [5.41, 5.74) is 8.88. The number of ether oxygens (including phenoxy) is 2. The Morgan fingerprint density at radius 1 is 0.635 bits per heavy atom. The molecule has 3 aromatic rings. The summed E-state index contributed by atoms with van der Waals surface area (Å²) in [6, 6.07) is 21.5. The van der Waals surface area contributed by atoms with Crippen molar-refractivity contribution in [2.45, 2.75) is 91.1 Å². The molecule has 282 valence electrons. The van der Waals surface area contributed by atoms with E-state index in [0.717, 1.165) is 22.3 Å². The molecular weight excluding hydrogens is 662 g/mol. The fraction of sp³-hybridized carbons (Fsp3) is 0.450. The molecule has 4 amide bonds. The van der Waals surface area contributed by atoms with Gasteiger partial charge in [0.05, 0.1) is 26.4 Å². The standard InChI is InChI=1S/C40H55N5O7/c1-39(2,3)33(44-37(49)51-7)35(47)42-30(22-25-12-10-9-11-13-25)24-32(46)31(43-36(48)34(40(4,5)6)45-38(50)52-8)23-26-14-16-27(17-15-26)28-18-20-29(41)21-19-28/h9-21,30-34,46H,22-24,41H2,1-8H3,(H,42,47)(H,43,48)(H,44,49)(H,45,50)/t30-,31-,32-,33+,34+/m0/s1. The number of benzene rings is 3. The summed E-state index contributed by atoms with van der Waals surface area (Å²) in [5.74, 6) is -0.945. The van der Waals surface area contributed by atoms with Crippen LogP contribution in [0.2, 0.25) is 0 Å². The molecule has 3 rings (SSSR count). The fourth-order valence-electron chi connectivity index (χ4n) is 5.85. The van der Waals surface area contributed by atoms with Crippen molar-refractivity contribution in [3.8, 4) is 11.1 Å². The minimum Gasteiger partial charge on any atom is -0.453 e. The highest BCUT2D eigenvalue weighted by Gasteiger charge is 2.37. The largest absolute Gasteiger partial charge is 0.453 e. The molecule has 0 heterocycles. The van der Waals surface area contributed by atoms with Gasteiger partial charge in [0.1, 0.15) is 12.1 Å². The van der Waals surface area contributed by atoms with Crippen molar-refractivity contribution in [1.82, 2.24) is 21.3 Å². The van der Waals surface area contributed by atoms with Crippen molar-refractivity contribution < 1.29 is 33.8 Å². The van der Waals surface area contributed by atoms with E-state index < -0.39 is 65.1 Å². The molecular formula is C40H55N5O7. The van der Waals surface area contributed by atoms with Crippen molar-refractivity contribution in [2.75, 3.05) is 20.0 Å². The quantitative estimate of drug-likeness (QED) is 0.126. The third kappa shape index (κ3) is 12.6. The average Bonchev–Trinajstić information content (AvgIpc) is 3.08. The van der Waals surface area contributed by atoms with Gasteiger partial charge in [0, 0.05) is 11.7 Å². The Morgan fingerprint density at radius 2 is 1.08 bits per heavy atom. The molecule has 0 radical (unpaired) electrons. The lowest BCUT2D eigenvalue weighted by molar-refractivity contribution is -0.128. The van der Waals surface area contributed by atoms with Gasteiger partial charge in [-0.25, -0.2) is 9.59 Å². The van der Waals surface area contributed by atoms with E-state index in [1.54, 1.807) is 0 Å². The maximum Gasteiger partial charge on any atom is 0.407 e. The molecule has 0 aliphatic heterocycles. The van der Waals surface area contributed by atoms with Crippen LogP contribution in [0.15, 0.2) is 78.9 Å². The minimum atomic E-state index is -1.16. The molecule has 0 bridgehead atoms. The van der Waals surface area contributed by atoms with Gasteiger partial charge in [-0.2, -0.15) is 0 Å². The number of nitrogens with one attached hydrogen (secondary N) is 4. The van der Waals surface area contributed by atoms with Gasteiger partial charge >= 0.3 is 12.2 Å². The van der Waals surface area contributed by atoms with Crippen molar-refractivity contribution in [2.24, 2.45) is 10.8 Å². The van der Waals surface area contributed by atoms with Crippen LogP contribution in [0.1, 0.15) is 59.1 Å². The van der Waals surface area contributed by atoms with Crippen molar-refractivity contribution in [3.05, 3.63) is 90.0 Å². The number of hydrogen-bond acceptors (Lipinski definition) is 8. The van der Waals surface area contributed by atoms with E-state index in [9.17, 15) is 24.3 Å². The zero-order valence-electron chi connectivity index (χ0n) is 31.5. The Labute approximate surface area is 307 Å². The molecule has 0 aromatic heterocycles. The van der Waals surface area contributed by atoms with Crippen LogP contribution in [0.25, 0.3) is 11.1 Å². The molecule has 0 aliphatic carbocycles. The highest BCUT2D eigenvalue weighted by atomic mass is 16.5. The molecule has 52 heavy (non-hydrogen) atoms. The maximum absolute atomic E-state index is 13.9. The first-order chi connectivity index (χ1) is 24.4. The Balaban J connectivity index is 1.96. The minimum absolute atomic E-state index is 0.0504.